The van der Waals surface area contributed by atoms with Crippen LogP contribution in [0.25, 0.3) is 0 Å². The Morgan fingerprint density at radius 2 is 0.636 bits per heavy atom. The fourth-order valence-corrected chi connectivity index (χ4v) is 0. The van der Waals surface area contributed by atoms with Crippen molar-refractivity contribution < 1.29 is 55.9 Å². The van der Waals surface area contributed by atoms with Crippen LogP contribution in [0, 0.1) is 0 Å². The summed E-state index contributed by atoms with van der Waals surface area (Å²) < 4.78 is 17.8. The molecule has 0 amide bonds. The summed E-state index contributed by atoms with van der Waals surface area (Å²) in [5, 5.41) is 0. The van der Waals surface area contributed by atoms with Gasteiger partial charge in [0.05, 0.1) is 0 Å². The van der Waals surface area contributed by atoms with Gasteiger partial charge < -0.3 is 29.4 Å². The van der Waals surface area contributed by atoms with E-state index >= 15 is 0 Å². The van der Waals surface area contributed by atoms with Crippen LogP contribution in [0.4, 0.5) is 0 Å². The van der Waals surface area contributed by atoms with Gasteiger partial charge in [-0.1, -0.05) is 0 Å². The molecule has 0 spiro atoms. The first kappa shape index (κ1) is 17.7. The summed E-state index contributed by atoms with van der Waals surface area (Å²) in [5.41, 5.74) is 0. The van der Waals surface area contributed by atoms with Crippen LogP contribution < -0.4 is 0 Å². The molecule has 8 nitrogen and oxygen atoms in total. The molecule has 70 valence electrons. The number of phosphoric acid groups is 2. The average molecular weight is 248 g/mol. The van der Waals surface area contributed by atoms with Crippen LogP contribution in [-0.2, 0) is 26.5 Å². The molecule has 0 aliphatic heterocycles. The van der Waals surface area contributed by atoms with Gasteiger partial charge in [0.25, 0.3) is 0 Å². The van der Waals surface area contributed by atoms with Gasteiger partial charge in [0, 0.05) is 17.4 Å². The second kappa shape index (κ2) is 6.29. The van der Waals surface area contributed by atoms with Gasteiger partial charge in [-0.25, -0.2) is 9.13 Å². The molecule has 0 aromatic heterocycles. The Balaban J connectivity index is -0.000000107. The SMILES string of the molecule is O=P(O)(O)O.O=P(O)(O)O.[Cr]. The molecular formula is H6CrO8P2. The summed E-state index contributed by atoms with van der Waals surface area (Å²) in [6.45, 7) is 0. The number of hydrogen-bond donors (Lipinski definition) is 6. The Bertz CT molecular complexity index is 124. The standard InChI is InChI=1S/Cr.2H3O4P/c;2*1-5(2,3)4/h;2*(H3,1,2,3,4). The van der Waals surface area contributed by atoms with E-state index in [0.29, 0.717) is 0 Å². The van der Waals surface area contributed by atoms with E-state index in [4.69, 9.17) is 38.5 Å². The Hall–Kier alpha value is 0.752. The molecule has 0 aliphatic carbocycles. The zero-order chi connectivity index (χ0) is 9.00. The second-order valence-corrected chi connectivity index (χ2v) is 3.08. The monoisotopic (exact) mass is 248 g/mol. The van der Waals surface area contributed by atoms with E-state index in [9.17, 15) is 0 Å². The minimum absolute atomic E-state index is 0. The average Bonchev–Trinajstić information content (AvgIpc) is 1.12. The molecule has 0 aliphatic rings. The first-order valence-electron chi connectivity index (χ1n) is 1.57. The fourth-order valence-electron chi connectivity index (χ4n) is 0. The minimum atomic E-state index is -4.64. The maximum Gasteiger partial charge on any atom is 0.466 e. The van der Waals surface area contributed by atoms with Gasteiger partial charge in [0.1, 0.15) is 0 Å². The van der Waals surface area contributed by atoms with Gasteiger partial charge in [-0.15, -0.1) is 0 Å². The van der Waals surface area contributed by atoms with Crippen molar-refractivity contribution in [1.82, 2.24) is 0 Å². The van der Waals surface area contributed by atoms with Crippen LogP contribution in [0.2, 0.25) is 0 Å². The van der Waals surface area contributed by atoms with E-state index in [1.165, 1.54) is 0 Å². The van der Waals surface area contributed by atoms with E-state index in [-0.39, 0.29) is 17.4 Å². The third kappa shape index (κ3) is 1450. The zero-order valence-corrected chi connectivity index (χ0v) is 7.87. The Kier molecular flexibility index (Phi) is 10.1. The summed E-state index contributed by atoms with van der Waals surface area (Å²) in [6, 6.07) is 0. The fraction of sp³-hybridized carbons (Fsp3) is 0. The van der Waals surface area contributed by atoms with E-state index < -0.39 is 15.6 Å². The molecule has 6 N–H and O–H groups in total. The van der Waals surface area contributed by atoms with Crippen LogP contribution in [0.1, 0.15) is 0 Å². The molecule has 0 aromatic rings. The first-order chi connectivity index (χ1) is 4.00. The van der Waals surface area contributed by atoms with Gasteiger partial charge in [-0.2, -0.15) is 0 Å². The third-order valence-electron chi connectivity index (χ3n) is 0. The van der Waals surface area contributed by atoms with E-state index in [0.717, 1.165) is 0 Å². The topological polar surface area (TPSA) is 156 Å². The van der Waals surface area contributed by atoms with Crippen LogP contribution in [0.15, 0.2) is 0 Å². The van der Waals surface area contributed by atoms with E-state index in [1.54, 1.807) is 0 Å². The molecule has 0 rings (SSSR count). The summed E-state index contributed by atoms with van der Waals surface area (Å²) in [4.78, 5) is 43.1. The molecule has 0 heterocycles. The third-order valence-corrected chi connectivity index (χ3v) is 0. The molecule has 0 saturated carbocycles. The Labute approximate surface area is 72.1 Å². The van der Waals surface area contributed by atoms with Crippen LogP contribution in [0.5, 0.6) is 0 Å². The van der Waals surface area contributed by atoms with Crippen LogP contribution in [0.3, 0.4) is 0 Å². The molecule has 11 heavy (non-hydrogen) atoms. The smallest absolute Gasteiger partial charge is 0.303 e. The molecule has 0 bridgehead atoms. The van der Waals surface area contributed by atoms with Crippen molar-refractivity contribution in [2.75, 3.05) is 0 Å². The molecular weight excluding hydrogens is 242 g/mol. The van der Waals surface area contributed by atoms with Gasteiger partial charge in [-0.3, -0.25) is 0 Å². The maximum absolute atomic E-state index is 8.88. The van der Waals surface area contributed by atoms with Gasteiger partial charge in [0.2, 0.25) is 0 Å². The van der Waals surface area contributed by atoms with Crippen molar-refractivity contribution in [2.24, 2.45) is 0 Å². The number of rotatable bonds is 0. The van der Waals surface area contributed by atoms with Crippen molar-refractivity contribution in [3.63, 3.8) is 0 Å². The Morgan fingerprint density at radius 1 is 0.636 bits per heavy atom. The van der Waals surface area contributed by atoms with Crippen molar-refractivity contribution in [1.29, 1.82) is 0 Å². The quantitative estimate of drug-likeness (QED) is 0.272. The van der Waals surface area contributed by atoms with Crippen molar-refractivity contribution in [3.05, 3.63) is 0 Å². The van der Waals surface area contributed by atoms with Crippen molar-refractivity contribution >= 4 is 15.6 Å². The molecule has 0 unspecified atom stereocenters. The van der Waals surface area contributed by atoms with Crippen LogP contribution in [-0.4, -0.2) is 29.4 Å². The van der Waals surface area contributed by atoms with Crippen molar-refractivity contribution in [2.45, 2.75) is 0 Å². The normalized spacial score (nSPS) is 10.7. The molecule has 0 atom stereocenters. The molecule has 0 aromatic carbocycles. The molecule has 0 radical (unpaired) electrons. The van der Waals surface area contributed by atoms with Crippen molar-refractivity contribution in [3.8, 4) is 0 Å². The second-order valence-electron chi connectivity index (χ2n) is 1.03. The van der Waals surface area contributed by atoms with E-state index in [1.807, 2.05) is 0 Å². The summed E-state index contributed by atoms with van der Waals surface area (Å²) in [7, 11) is -9.28. The maximum atomic E-state index is 8.88. The van der Waals surface area contributed by atoms with Gasteiger partial charge >= 0.3 is 15.6 Å². The molecule has 11 heteroatoms. The summed E-state index contributed by atoms with van der Waals surface area (Å²) >= 11 is 0. The van der Waals surface area contributed by atoms with E-state index in [2.05, 4.69) is 0 Å². The largest absolute Gasteiger partial charge is 0.466 e. The molecule has 0 fully saturated rings. The molecule has 0 saturated heterocycles. The predicted molar refractivity (Wildman–Crippen MR) is 28.5 cm³/mol. The Morgan fingerprint density at radius 3 is 0.636 bits per heavy atom. The first-order valence-corrected chi connectivity index (χ1v) is 4.70. The zero-order valence-electron chi connectivity index (χ0n) is 4.80. The number of hydrogen-bond acceptors (Lipinski definition) is 2. The van der Waals surface area contributed by atoms with Crippen LogP contribution >= 0.6 is 15.6 Å². The minimum Gasteiger partial charge on any atom is -0.303 e. The summed E-state index contributed by atoms with van der Waals surface area (Å²) in [5.74, 6) is 0. The summed E-state index contributed by atoms with van der Waals surface area (Å²) in [6.07, 6.45) is 0. The van der Waals surface area contributed by atoms with Gasteiger partial charge in [0.15, 0.2) is 0 Å². The predicted octanol–water partition coefficient (Wildman–Crippen LogP) is -1.86. The van der Waals surface area contributed by atoms with Gasteiger partial charge in [-0.05, 0) is 0 Å².